The SMILES string of the molecule is CC(c1ccccc1)(C(O)Cc1ccc(C(=O)c2ccc(Br)cc2)[nH]1)S(N)(=O)=O. The summed E-state index contributed by atoms with van der Waals surface area (Å²) >= 11 is 3.33. The zero-order valence-corrected chi connectivity index (χ0v) is 18.1. The average molecular weight is 477 g/mol. The summed E-state index contributed by atoms with van der Waals surface area (Å²) in [6, 6.07) is 18.6. The van der Waals surface area contributed by atoms with Crippen LogP contribution in [0, 0.1) is 0 Å². The summed E-state index contributed by atoms with van der Waals surface area (Å²) in [6.07, 6.45) is -1.34. The molecule has 8 heteroatoms. The van der Waals surface area contributed by atoms with Gasteiger partial charge >= 0.3 is 0 Å². The van der Waals surface area contributed by atoms with Crippen molar-refractivity contribution in [3.8, 4) is 0 Å². The van der Waals surface area contributed by atoms with E-state index in [-0.39, 0.29) is 12.2 Å². The van der Waals surface area contributed by atoms with Gasteiger partial charge in [0, 0.05) is 22.2 Å². The number of aromatic amines is 1. The van der Waals surface area contributed by atoms with Crippen molar-refractivity contribution in [3.05, 3.63) is 93.7 Å². The molecule has 0 fully saturated rings. The number of carbonyl (C=O) groups excluding carboxylic acids is 1. The summed E-state index contributed by atoms with van der Waals surface area (Å²) in [5, 5.41) is 16.3. The molecule has 1 heterocycles. The number of nitrogens with two attached hydrogens (primary N) is 1. The third-order valence-corrected chi connectivity index (χ3v) is 7.30. The molecule has 0 bridgehead atoms. The van der Waals surface area contributed by atoms with E-state index in [2.05, 4.69) is 20.9 Å². The smallest absolute Gasteiger partial charge is 0.221 e. The molecule has 1 aromatic heterocycles. The second kappa shape index (κ2) is 8.23. The van der Waals surface area contributed by atoms with Crippen LogP contribution in [0.1, 0.15) is 34.2 Å². The largest absolute Gasteiger partial charge is 0.391 e. The Morgan fingerprint density at radius 1 is 1.10 bits per heavy atom. The van der Waals surface area contributed by atoms with Crippen molar-refractivity contribution in [1.29, 1.82) is 0 Å². The first-order valence-corrected chi connectivity index (χ1v) is 11.2. The summed E-state index contributed by atoms with van der Waals surface area (Å²) in [7, 11) is -4.13. The molecule has 2 atom stereocenters. The number of nitrogens with one attached hydrogen (secondary N) is 1. The van der Waals surface area contributed by atoms with Gasteiger partial charge in [-0.25, -0.2) is 13.6 Å². The van der Waals surface area contributed by atoms with Crippen LogP contribution in [0.15, 0.2) is 71.2 Å². The van der Waals surface area contributed by atoms with Gasteiger partial charge < -0.3 is 10.1 Å². The molecule has 0 aliphatic rings. The fourth-order valence-electron chi connectivity index (χ4n) is 3.17. The van der Waals surface area contributed by atoms with Crippen molar-refractivity contribution >= 4 is 31.7 Å². The van der Waals surface area contributed by atoms with Gasteiger partial charge in [-0.3, -0.25) is 4.79 Å². The van der Waals surface area contributed by atoms with Crippen molar-refractivity contribution in [2.24, 2.45) is 5.14 Å². The molecule has 0 aliphatic heterocycles. The van der Waals surface area contributed by atoms with Gasteiger partial charge in [0.2, 0.25) is 15.8 Å². The molecule has 152 valence electrons. The van der Waals surface area contributed by atoms with Crippen LogP contribution in [0.4, 0.5) is 0 Å². The van der Waals surface area contributed by atoms with Crippen molar-refractivity contribution in [3.63, 3.8) is 0 Å². The topological polar surface area (TPSA) is 113 Å². The summed E-state index contributed by atoms with van der Waals surface area (Å²) in [6.45, 7) is 1.40. The molecule has 0 radical (unpaired) electrons. The fraction of sp³-hybridized carbons (Fsp3) is 0.190. The molecular weight excluding hydrogens is 456 g/mol. The predicted molar refractivity (Wildman–Crippen MR) is 115 cm³/mol. The van der Waals surface area contributed by atoms with Crippen LogP contribution in [-0.2, 0) is 21.2 Å². The third kappa shape index (κ3) is 4.35. The number of halogens is 1. The third-order valence-electron chi connectivity index (χ3n) is 5.08. The minimum atomic E-state index is -4.13. The summed E-state index contributed by atoms with van der Waals surface area (Å²) < 4.78 is 23.9. The summed E-state index contributed by atoms with van der Waals surface area (Å²) in [4.78, 5) is 15.6. The minimum absolute atomic E-state index is 0.0184. The Morgan fingerprint density at radius 2 is 1.72 bits per heavy atom. The van der Waals surface area contributed by atoms with E-state index in [0.29, 0.717) is 22.5 Å². The maximum Gasteiger partial charge on any atom is 0.221 e. The van der Waals surface area contributed by atoms with Gasteiger partial charge in [-0.15, -0.1) is 0 Å². The molecule has 0 amide bonds. The molecule has 6 nitrogen and oxygen atoms in total. The lowest BCUT2D eigenvalue weighted by atomic mass is 9.91. The molecule has 3 rings (SSSR count). The highest BCUT2D eigenvalue weighted by Crippen LogP contribution is 2.33. The molecule has 2 aromatic carbocycles. The van der Waals surface area contributed by atoms with Gasteiger partial charge in [-0.2, -0.15) is 0 Å². The Labute approximate surface area is 178 Å². The van der Waals surface area contributed by atoms with Crippen LogP contribution >= 0.6 is 15.9 Å². The van der Waals surface area contributed by atoms with Crippen molar-refractivity contribution in [2.45, 2.75) is 24.2 Å². The number of rotatable bonds is 7. The van der Waals surface area contributed by atoms with E-state index in [1.165, 1.54) is 6.92 Å². The van der Waals surface area contributed by atoms with Gasteiger partial charge in [-0.05, 0) is 48.9 Å². The molecule has 0 saturated carbocycles. The highest BCUT2D eigenvalue weighted by Gasteiger charge is 2.45. The van der Waals surface area contributed by atoms with Crippen LogP contribution < -0.4 is 5.14 Å². The zero-order chi connectivity index (χ0) is 21.2. The standard InChI is InChI=1S/C21H21BrN2O4S/c1-21(29(23,27)28,15-5-3-2-4-6-15)19(25)13-17-11-12-18(24-17)20(26)14-7-9-16(22)10-8-14/h2-12,19,24-25H,13H2,1H3,(H2,23,27,28). The van der Waals surface area contributed by atoms with Gasteiger partial charge in [0.1, 0.15) is 4.75 Å². The highest BCUT2D eigenvalue weighted by molar-refractivity contribution is 9.10. The van der Waals surface area contributed by atoms with E-state index in [1.54, 1.807) is 66.7 Å². The number of aromatic nitrogens is 1. The van der Waals surface area contributed by atoms with Gasteiger partial charge in [0.25, 0.3) is 0 Å². The number of hydrogen-bond acceptors (Lipinski definition) is 4. The van der Waals surface area contributed by atoms with Crippen LogP contribution in [0.3, 0.4) is 0 Å². The molecule has 0 aliphatic carbocycles. The first kappa shape index (κ1) is 21.4. The molecule has 3 aromatic rings. The highest BCUT2D eigenvalue weighted by atomic mass is 79.9. The Kier molecular flexibility index (Phi) is 6.09. The van der Waals surface area contributed by atoms with Gasteiger partial charge in [-0.1, -0.05) is 46.3 Å². The zero-order valence-electron chi connectivity index (χ0n) is 15.7. The van der Waals surface area contributed by atoms with Gasteiger partial charge in [0.15, 0.2) is 0 Å². The van der Waals surface area contributed by atoms with E-state index in [0.717, 1.165) is 4.47 Å². The average Bonchev–Trinajstić information content (AvgIpc) is 3.15. The Bertz CT molecular complexity index is 1110. The van der Waals surface area contributed by atoms with Crippen LogP contribution in [0.2, 0.25) is 0 Å². The normalized spacial score (nSPS) is 14.9. The van der Waals surface area contributed by atoms with Crippen LogP contribution in [-0.4, -0.2) is 30.4 Å². The number of aliphatic hydroxyl groups is 1. The number of aliphatic hydroxyl groups excluding tert-OH is 1. The van der Waals surface area contributed by atoms with Gasteiger partial charge in [0.05, 0.1) is 11.8 Å². The summed E-state index contributed by atoms with van der Waals surface area (Å²) in [5.41, 5.74) is 1.80. The molecular formula is C21H21BrN2O4S. The molecule has 0 spiro atoms. The monoisotopic (exact) mass is 476 g/mol. The Morgan fingerprint density at radius 3 is 2.31 bits per heavy atom. The molecule has 29 heavy (non-hydrogen) atoms. The Hall–Kier alpha value is -2.26. The number of ketones is 1. The summed E-state index contributed by atoms with van der Waals surface area (Å²) in [5.74, 6) is -0.199. The number of sulfonamides is 1. The molecule has 4 N–H and O–H groups in total. The maximum atomic E-state index is 12.6. The number of primary sulfonamides is 1. The second-order valence-electron chi connectivity index (χ2n) is 6.97. The van der Waals surface area contributed by atoms with Crippen molar-refractivity contribution < 1.29 is 18.3 Å². The number of hydrogen-bond donors (Lipinski definition) is 3. The Balaban J connectivity index is 1.86. The number of benzene rings is 2. The number of H-pyrrole nitrogens is 1. The second-order valence-corrected chi connectivity index (χ2v) is 9.83. The predicted octanol–water partition coefficient (Wildman–Crippen LogP) is 3.12. The number of carbonyl (C=O) groups is 1. The van der Waals surface area contributed by atoms with Crippen LogP contribution in [0.25, 0.3) is 0 Å². The van der Waals surface area contributed by atoms with Crippen LogP contribution in [0.5, 0.6) is 0 Å². The molecule has 2 unspecified atom stereocenters. The maximum absolute atomic E-state index is 12.6. The van der Waals surface area contributed by atoms with E-state index < -0.39 is 20.9 Å². The first-order chi connectivity index (χ1) is 13.6. The van der Waals surface area contributed by atoms with E-state index in [9.17, 15) is 18.3 Å². The van der Waals surface area contributed by atoms with Crippen molar-refractivity contribution in [2.75, 3.05) is 0 Å². The lowest BCUT2D eigenvalue weighted by molar-refractivity contribution is 0.103. The lowest BCUT2D eigenvalue weighted by Gasteiger charge is -2.32. The lowest BCUT2D eigenvalue weighted by Crippen LogP contribution is -2.48. The van der Waals surface area contributed by atoms with E-state index >= 15 is 0 Å². The fourth-order valence-corrected chi connectivity index (χ4v) is 4.36. The molecule has 0 saturated heterocycles. The first-order valence-electron chi connectivity index (χ1n) is 8.87. The van der Waals surface area contributed by atoms with E-state index in [4.69, 9.17) is 5.14 Å². The van der Waals surface area contributed by atoms with Crippen molar-refractivity contribution in [1.82, 2.24) is 4.98 Å². The minimum Gasteiger partial charge on any atom is -0.391 e. The van der Waals surface area contributed by atoms with E-state index in [1.807, 2.05) is 0 Å². The quantitative estimate of drug-likeness (QED) is 0.454.